The molecule has 0 aromatic carbocycles. The minimum Gasteiger partial charge on any atom is -0.617 e. The van der Waals surface area contributed by atoms with E-state index in [2.05, 4.69) is 22.8 Å². The number of carbonyl (C=O) groups is 2. The second-order valence-corrected chi connectivity index (χ2v) is 3.14. The van der Waals surface area contributed by atoms with Crippen LogP contribution in [0.3, 0.4) is 0 Å². The van der Waals surface area contributed by atoms with E-state index in [0.717, 1.165) is 0 Å². The van der Waals surface area contributed by atoms with Gasteiger partial charge in [0.05, 0.1) is 0 Å². The maximum Gasteiger partial charge on any atom is 0.549 e. The Morgan fingerprint density at radius 2 is 1.53 bits per heavy atom. The van der Waals surface area contributed by atoms with Gasteiger partial charge in [-0.25, -0.2) is 0 Å². The zero-order chi connectivity index (χ0) is 11.2. The summed E-state index contributed by atoms with van der Waals surface area (Å²) in [5.74, 6) is 1.12. The summed E-state index contributed by atoms with van der Waals surface area (Å²) in [4.78, 5) is 21.8. The maximum atomic E-state index is 10.9. The van der Waals surface area contributed by atoms with Gasteiger partial charge in [-0.1, -0.05) is 30.2 Å². The van der Waals surface area contributed by atoms with E-state index in [1.807, 2.05) is 5.83 Å². The molecule has 1 heterocycles. The Labute approximate surface area is 99.8 Å². The quantitative estimate of drug-likeness (QED) is 0.388. The third kappa shape index (κ3) is 7.30. The van der Waals surface area contributed by atoms with Gasteiger partial charge in [-0.05, 0) is 19.1 Å². The lowest BCUT2D eigenvalue weighted by Gasteiger charge is -2.28. The van der Waals surface area contributed by atoms with Gasteiger partial charge in [0.1, 0.15) is 0 Å². The van der Waals surface area contributed by atoms with Crippen LogP contribution in [-0.2, 0) is 18.9 Å². The van der Waals surface area contributed by atoms with Gasteiger partial charge >= 0.3 is 6.55 Å². The fraction of sp³-hybridized carbons (Fsp3) is 0.667. The molecule has 0 aromatic rings. The Kier molecular flexibility index (Phi) is 8.52. The van der Waals surface area contributed by atoms with Gasteiger partial charge in [0.25, 0.3) is 11.9 Å². The predicted octanol–water partition coefficient (Wildman–Crippen LogP) is 2.35. The van der Waals surface area contributed by atoms with Gasteiger partial charge in [0, 0.05) is 12.8 Å². The number of hydrogen-bond acceptors (Lipinski definition) is 4. The highest BCUT2D eigenvalue weighted by Gasteiger charge is 2.34. The predicted molar refractivity (Wildman–Crippen MR) is 64.6 cm³/mol. The molecule has 0 atom stereocenters. The maximum absolute atomic E-state index is 10.9. The van der Waals surface area contributed by atoms with Crippen LogP contribution in [-0.4, -0.2) is 24.3 Å². The van der Waals surface area contributed by atoms with Gasteiger partial charge in [0.15, 0.2) is 0 Å². The Hall–Kier alpha value is -0.645. The highest BCUT2D eigenvalue weighted by Crippen LogP contribution is 2.14. The van der Waals surface area contributed by atoms with Gasteiger partial charge in [0.2, 0.25) is 0 Å². The molecule has 0 amide bonds. The minimum absolute atomic E-state index is 0. The van der Waals surface area contributed by atoms with Crippen LogP contribution in [0.5, 0.6) is 0 Å². The van der Waals surface area contributed by atoms with Crippen molar-refractivity contribution in [1.29, 1.82) is 0 Å². The number of alkyl halides is 1. The molecule has 0 aromatic heterocycles. The summed E-state index contributed by atoms with van der Waals surface area (Å²) < 4.78 is 9.64. The van der Waals surface area contributed by atoms with E-state index in [4.69, 9.17) is 9.31 Å². The van der Waals surface area contributed by atoms with E-state index >= 15 is 0 Å². The Bertz CT molecular complexity index is 198. The van der Waals surface area contributed by atoms with Crippen LogP contribution in [0.1, 0.15) is 26.7 Å². The van der Waals surface area contributed by atoms with Crippen LogP contribution < -0.4 is 0 Å². The first kappa shape index (κ1) is 16.8. The van der Waals surface area contributed by atoms with Gasteiger partial charge < -0.3 is 9.31 Å². The molecular weight excluding hydrogens is 263 g/mol. The molecule has 88 valence electrons. The minimum atomic E-state index is -1.98. The summed E-state index contributed by atoms with van der Waals surface area (Å²) in [6.07, 6.45) is 1.02. The standard InChI is InChI=1S/C7H11BO4.CH3Br.CH4/c1-8(2)11-6(9)4-3-5-7(10)12-8;1-2;/h1,3-5H2,2H3;1H3;1H4. The van der Waals surface area contributed by atoms with Crippen molar-refractivity contribution in [2.24, 2.45) is 0 Å². The van der Waals surface area contributed by atoms with Crippen LogP contribution in [0, 0.1) is 6.82 Å². The average molecular weight is 281 g/mol. The topological polar surface area (TPSA) is 52.6 Å². The lowest BCUT2D eigenvalue weighted by Crippen LogP contribution is -2.41. The van der Waals surface area contributed by atoms with Crippen molar-refractivity contribution in [2.75, 3.05) is 5.83 Å². The molecule has 6 heteroatoms. The third-order valence-corrected chi connectivity index (χ3v) is 1.52. The van der Waals surface area contributed by atoms with Gasteiger partial charge in [-0.3, -0.25) is 9.59 Å². The molecule has 15 heavy (non-hydrogen) atoms. The average Bonchev–Trinajstić information content (AvgIpc) is 2.03. The molecule has 0 N–H and O–H groups in total. The lowest BCUT2D eigenvalue weighted by molar-refractivity contribution is -0.143. The second-order valence-electron chi connectivity index (χ2n) is 3.14. The van der Waals surface area contributed by atoms with Crippen LogP contribution >= 0.6 is 15.9 Å². The molecule has 0 aliphatic carbocycles. The van der Waals surface area contributed by atoms with Crippen molar-refractivity contribution in [1.82, 2.24) is 0 Å². The highest BCUT2D eigenvalue weighted by molar-refractivity contribution is 9.08. The monoisotopic (exact) mass is 280 g/mol. The second kappa shape index (κ2) is 7.62. The van der Waals surface area contributed by atoms with Crippen molar-refractivity contribution in [2.45, 2.75) is 33.5 Å². The fourth-order valence-electron chi connectivity index (χ4n) is 1.08. The highest BCUT2D eigenvalue weighted by atomic mass is 79.9. The summed E-state index contributed by atoms with van der Waals surface area (Å²) in [5, 5.41) is 0. The first-order valence-electron chi connectivity index (χ1n) is 4.36. The Morgan fingerprint density at radius 1 is 1.20 bits per heavy atom. The van der Waals surface area contributed by atoms with Crippen LogP contribution in [0.4, 0.5) is 0 Å². The van der Waals surface area contributed by atoms with Crippen molar-refractivity contribution in [3.63, 3.8) is 0 Å². The van der Waals surface area contributed by atoms with Crippen molar-refractivity contribution in [3.8, 4) is 0 Å². The fourth-order valence-corrected chi connectivity index (χ4v) is 1.08. The van der Waals surface area contributed by atoms with Crippen LogP contribution in [0.25, 0.3) is 0 Å². The molecule has 1 aliphatic heterocycles. The molecule has 0 unspecified atom stereocenters. The summed E-state index contributed by atoms with van der Waals surface area (Å²) >= 11 is 2.94. The largest absolute Gasteiger partial charge is 0.617 e. The summed E-state index contributed by atoms with van der Waals surface area (Å²) in [6, 6.07) is 0. The summed E-state index contributed by atoms with van der Waals surface area (Å²) in [5.41, 5.74) is 0. The normalized spacial score (nSPS) is 19.1. The van der Waals surface area contributed by atoms with Crippen molar-refractivity contribution < 1.29 is 18.9 Å². The van der Waals surface area contributed by atoms with E-state index in [-0.39, 0.29) is 32.2 Å². The third-order valence-electron chi connectivity index (χ3n) is 1.52. The molecule has 0 saturated carbocycles. The zero-order valence-electron chi connectivity index (χ0n) is 8.42. The zero-order valence-corrected chi connectivity index (χ0v) is 10.0. The van der Waals surface area contributed by atoms with E-state index < -0.39 is 6.55 Å². The number of halogens is 1. The SMILES string of the molecule is C.CBr.[CH2+][B-]1(C)OC(=O)CCCC(=O)O1. The van der Waals surface area contributed by atoms with Crippen LogP contribution in [0.15, 0.2) is 0 Å². The first-order valence-corrected chi connectivity index (χ1v) is 5.94. The van der Waals surface area contributed by atoms with Gasteiger partial charge in [-0.2, -0.15) is 0 Å². The van der Waals surface area contributed by atoms with Gasteiger partial charge in [-0.15, -0.1) is 0 Å². The smallest absolute Gasteiger partial charge is 0.549 e. The molecule has 1 rings (SSSR count). The van der Waals surface area contributed by atoms with E-state index in [1.54, 1.807) is 0 Å². The first-order chi connectivity index (χ1) is 6.49. The Morgan fingerprint density at radius 3 is 1.87 bits per heavy atom. The number of hydrogen-bond donors (Lipinski definition) is 0. The van der Waals surface area contributed by atoms with Crippen molar-refractivity contribution >= 4 is 34.4 Å². The van der Waals surface area contributed by atoms with Crippen molar-refractivity contribution in [3.05, 3.63) is 6.82 Å². The molecule has 1 aliphatic rings. The van der Waals surface area contributed by atoms with Crippen LogP contribution in [0.2, 0.25) is 6.82 Å². The lowest BCUT2D eigenvalue weighted by atomic mass is 9.63. The molecule has 0 radical (unpaired) electrons. The number of rotatable bonds is 0. The molecule has 1 saturated heterocycles. The molecule has 0 spiro atoms. The van der Waals surface area contributed by atoms with E-state index in [1.165, 1.54) is 6.82 Å². The molecule has 1 fully saturated rings. The Balaban J connectivity index is 0. The molecular formula is C9H18BBrO4. The molecule has 0 bridgehead atoms. The summed E-state index contributed by atoms with van der Waals surface area (Å²) in [6.45, 7) is 3.03. The van der Waals surface area contributed by atoms with E-state index in [9.17, 15) is 9.59 Å². The molecule has 4 nitrogen and oxygen atoms in total. The number of carbonyl (C=O) groups excluding carboxylic acids is 2. The summed E-state index contributed by atoms with van der Waals surface area (Å²) in [7, 11) is 0. The van der Waals surface area contributed by atoms with E-state index in [0.29, 0.717) is 6.42 Å².